The van der Waals surface area contributed by atoms with Gasteiger partial charge in [-0.1, -0.05) is 24.3 Å². The first-order chi connectivity index (χ1) is 18.5. The van der Waals surface area contributed by atoms with E-state index in [-0.39, 0.29) is 5.97 Å². The fourth-order valence-electron chi connectivity index (χ4n) is 4.20. The first-order valence-electron chi connectivity index (χ1n) is 12.2. The zero-order valence-electron chi connectivity index (χ0n) is 21.6. The number of hydrogen-bond acceptors (Lipinski definition) is 8. The molecule has 0 bridgehead atoms. The van der Waals surface area contributed by atoms with Crippen molar-refractivity contribution in [2.24, 2.45) is 0 Å². The van der Waals surface area contributed by atoms with Crippen LogP contribution in [0, 0.1) is 0 Å². The molecule has 0 aliphatic rings. The minimum absolute atomic E-state index is 0.378. The van der Waals surface area contributed by atoms with Gasteiger partial charge in [0, 0.05) is 43.1 Å². The van der Waals surface area contributed by atoms with Crippen LogP contribution in [0.4, 0.5) is 11.6 Å². The summed E-state index contributed by atoms with van der Waals surface area (Å²) < 4.78 is 4.87. The van der Waals surface area contributed by atoms with Crippen molar-refractivity contribution in [3.05, 3.63) is 108 Å². The Morgan fingerprint density at radius 1 is 0.816 bits per heavy atom. The number of nitrogens with zero attached hydrogens (tertiary/aromatic N) is 6. The van der Waals surface area contributed by atoms with Crippen LogP contribution in [0.2, 0.25) is 0 Å². The molecule has 5 aromatic rings. The number of rotatable bonds is 8. The van der Waals surface area contributed by atoms with Crippen molar-refractivity contribution in [1.29, 1.82) is 0 Å². The Balaban J connectivity index is 1.65. The highest BCUT2D eigenvalue weighted by atomic mass is 16.5. The molecule has 3 heterocycles. The molecule has 0 spiro atoms. The minimum Gasteiger partial charge on any atom is -0.465 e. The maximum absolute atomic E-state index is 12.0. The van der Waals surface area contributed by atoms with Gasteiger partial charge in [-0.25, -0.2) is 14.8 Å². The molecular weight excluding hydrogens is 476 g/mol. The summed E-state index contributed by atoms with van der Waals surface area (Å²) in [6.07, 6.45) is 3.57. The van der Waals surface area contributed by atoms with E-state index in [0.29, 0.717) is 24.6 Å². The number of pyridine rings is 2. The van der Waals surface area contributed by atoms with Crippen molar-refractivity contribution in [2.45, 2.75) is 13.1 Å². The highest BCUT2D eigenvalue weighted by molar-refractivity contribution is 5.96. The third kappa shape index (κ3) is 5.44. The standard InChI is InChI=1S/C30H28N6O2/c1-35(2)25-14-15-27-26(18-25)28(21-10-12-22(13-11-21)29(37)38-3)34-30(33-27)36(19-23-8-4-6-16-31-23)20-24-9-5-7-17-32-24/h4-18H,19-20H2,1-3H3. The lowest BCUT2D eigenvalue weighted by atomic mass is 10.0. The van der Waals surface area contributed by atoms with Gasteiger partial charge in [0.25, 0.3) is 0 Å². The number of carbonyl (C=O) groups excluding carboxylic acids is 1. The van der Waals surface area contributed by atoms with Crippen LogP contribution in [0.1, 0.15) is 21.7 Å². The number of anilines is 2. The molecule has 0 aliphatic heterocycles. The smallest absolute Gasteiger partial charge is 0.337 e. The highest BCUT2D eigenvalue weighted by Crippen LogP contribution is 2.32. The molecule has 190 valence electrons. The Morgan fingerprint density at radius 3 is 2.03 bits per heavy atom. The molecule has 8 heteroatoms. The molecule has 0 fully saturated rings. The van der Waals surface area contributed by atoms with Crippen LogP contribution in [0.5, 0.6) is 0 Å². The summed E-state index contributed by atoms with van der Waals surface area (Å²) in [6, 6.07) is 25.2. The summed E-state index contributed by atoms with van der Waals surface area (Å²) >= 11 is 0. The van der Waals surface area contributed by atoms with E-state index in [2.05, 4.69) is 20.9 Å². The van der Waals surface area contributed by atoms with Crippen LogP contribution in [0.25, 0.3) is 22.2 Å². The van der Waals surface area contributed by atoms with Gasteiger partial charge >= 0.3 is 5.97 Å². The van der Waals surface area contributed by atoms with Crippen molar-refractivity contribution in [1.82, 2.24) is 19.9 Å². The summed E-state index contributed by atoms with van der Waals surface area (Å²) in [6.45, 7) is 1.03. The van der Waals surface area contributed by atoms with Gasteiger partial charge in [0.05, 0.1) is 48.4 Å². The van der Waals surface area contributed by atoms with Crippen molar-refractivity contribution in [3.8, 4) is 11.3 Å². The molecule has 5 rings (SSSR count). The van der Waals surface area contributed by atoms with Gasteiger partial charge in [-0.2, -0.15) is 0 Å². The van der Waals surface area contributed by atoms with Crippen molar-refractivity contribution >= 4 is 28.5 Å². The second kappa shape index (κ2) is 11.0. The Kier molecular flexibility index (Phi) is 7.21. The van der Waals surface area contributed by atoms with Gasteiger partial charge in [-0.05, 0) is 54.6 Å². The molecule has 0 saturated carbocycles. The number of esters is 1. The Bertz CT molecular complexity index is 1500. The van der Waals surface area contributed by atoms with E-state index >= 15 is 0 Å². The first-order valence-corrected chi connectivity index (χ1v) is 12.2. The van der Waals surface area contributed by atoms with Crippen LogP contribution in [-0.2, 0) is 17.8 Å². The SMILES string of the molecule is COC(=O)c1ccc(-c2nc(N(Cc3ccccn3)Cc3ccccn3)nc3ccc(N(C)C)cc23)cc1. The van der Waals surface area contributed by atoms with Crippen molar-refractivity contribution < 1.29 is 9.53 Å². The van der Waals surface area contributed by atoms with E-state index in [9.17, 15) is 4.79 Å². The Morgan fingerprint density at radius 2 is 1.47 bits per heavy atom. The largest absolute Gasteiger partial charge is 0.465 e. The summed E-state index contributed by atoms with van der Waals surface area (Å²) in [5, 5.41) is 0.918. The van der Waals surface area contributed by atoms with Crippen LogP contribution < -0.4 is 9.80 Å². The topological polar surface area (TPSA) is 84.3 Å². The molecule has 0 atom stereocenters. The summed E-state index contributed by atoms with van der Waals surface area (Å²) in [5.74, 6) is 0.190. The lowest BCUT2D eigenvalue weighted by Gasteiger charge is -2.23. The van der Waals surface area contributed by atoms with Gasteiger partial charge in [0.2, 0.25) is 5.95 Å². The van der Waals surface area contributed by atoms with Gasteiger partial charge < -0.3 is 14.5 Å². The quantitative estimate of drug-likeness (QED) is 0.269. The minimum atomic E-state index is -0.378. The summed E-state index contributed by atoms with van der Waals surface area (Å²) in [4.78, 5) is 35.3. The lowest BCUT2D eigenvalue weighted by Crippen LogP contribution is -2.25. The molecule has 0 unspecified atom stereocenters. The molecule has 0 radical (unpaired) electrons. The fraction of sp³-hybridized carbons (Fsp3) is 0.167. The van der Waals surface area contributed by atoms with Crippen LogP contribution in [0.3, 0.4) is 0 Å². The summed E-state index contributed by atoms with van der Waals surface area (Å²) in [5.41, 5.74) is 5.80. The highest BCUT2D eigenvalue weighted by Gasteiger charge is 2.18. The normalized spacial score (nSPS) is 10.8. The van der Waals surface area contributed by atoms with E-state index in [1.165, 1.54) is 7.11 Å². The molecule has 8 nitrogen and oxygen atoms in total. The van der Waals surface area contributed by atoms with Gasteiger partial charge in [0.15, 0.2) is 0 Å². The molecule has 0 saturated heterocycles. The van der Waals surface area contributed by atoms with Crippen LogP contribution in [-0.4, -0.2) is 47.1 Å². The predicted octanol–water partition coefficient (Wildman–Crippen LogP) is 5.15. The van der Waals surface area contributed by atoms with Crippen molar-refractivity contribution in [2.75, 3.05) is 31.0 Å². The van der Waals surface area contributed by atoms with E-state index in [1.54, 1.807) is 24.5 Å². The number of aromatic nitrogens is 4. The molecule has 0 N–H and O–H groups in total. The average molecular weight is 505 g/mol. The molecular formula is C30H28N6O2. The predicted molar refractivity (Wildman–Crippen MR) is 149 cm³/mol. The Labute approximate surface area is 221 Å². The number of methoxy groups -OCH3 is 1. The first kappa shape index (κ1) is 24.8. The van der Waals surface area contributed by atoms with Gasteiger partial charge in [-0.3, -0.25) is 9.97 Å². The number of carbonyl (C=O) groups is 1. The van der Waals surface area contributed by atoms with E-state index in [1.807, 2.05) is 79.7 Å². The molecule has 0 amide bonds. The zero-order valence-corrected chi connectivity index (χ0v) is 21.6. The van der Waals surface area contributed by atoms with E-state index < -0.39 is 0 Å². The maximum Gasteiger partial charge on any atom is 0.337 e. The van der Waals surface area contributed by atoms with Gasteiger partial charge in [-0.15, -0.1) is 0 Å². The average Bonchev–Trinajstić information content (AvgIpc) is 2.96. The third-order valence-corrected chi connectivity index (χ3v) is 6.20. The number of hydrogen-bond donors (Lipinski definition) is 0. The van der Waals surface area contributed by atoms with Crippen LogP contribution >= 0.6 is 0 Å². The van der Waals surface area contributed by atoms with E-state index in [4.69, 9.17) is 14.7 Å². The second-order valence-corrected chi connectivity index (χ2v) is 9.04. The second-order valence-electron chi connectivity index (χ2n) is 9.04. The number of fused-ring (bicyclic) bond motifs is 1. The molecule has 38 heavy (non-hydrogen) atoms. The monoisotopic (exact) mass is 504 g/mol. The third-order valence-electron chi connectivity index (χ3n) is 6.20. The lowest BCUT2D eigenvalue weighted by molar-refractivity contribution is 0.0600. The molecule has 0 aliphatic carbocycles. The molecule has 3 aromatic heterocycles. The van der Waals surface area contributed by atoms with Gasteiger partial charge in [0.1, 0.15) is 0 Å². The maximum atomic E-state index is 12.0. The fourth-order valence-corrected chi connectivity index (χ4v) is 4.20. The van der Waals surface area contributed by atoms with Crippen molar-refractivity contribution in [3.63, 3.8) is 0 Å². The van der Waals surface area contributed by atoms with E-state index in [0.717, 1.165) is 39.2 Å². The van der Waals surface area contributed by atoms with Crippen LogP contribution in [0.15, 0.2) is 91.3 Å². The number of benzene rings is 2. The number of ether oxygens (including phenoxy) is 1. The Hall–Kier alpha value is -4.85. The zero-order chi connectivity index (χ0) is 26.5. The molecule has 2 aromatic carbocycles. The summed E-state index contributed by atoms with van der Waals surface area (Å²) in [7, 11) is 5.38.